The van der Waals surface area contributed by atoms with E-state index >= 15 is 0 Å². The molecule has 7 heteroatoms. The lowest BCUT2D eigenvalue weighted by Crippen LogP contribution is -2.08. The van der Waals surface area contributed by atoms with Gasteiger partial charge in [0.2, 0.25) is 5.95 Å². The first-order valence-corrected chi connectivity index (χ1v) is 5.79. The van der Waals surface area contributed by atoms with E-state index in [0.717, 1.165) is 5.56 Å². The highest BCUT2D eigenvalue weighted by atomic mass is 16.5. The third-order valence-electron chi connectivity index (χ3n) is 2.49. The van der Waals surface area contributed by atoms with Crippen LogP contribution in [0.5, 0.6) is 11.5 Å². The summed E-state index contributed by atoms with van der Waals surface area (Å²) in [6, 6.07) is 5.36. The van der Waals surface area contributed by atoms with Crippen LogP contribution in [0.15, 0.2) is 30.6 Å². The Bertz CT molecular complexity index is 608. The van der Waals surface area contributed by atoms with Gasteiger partial charge in [0.25, 0.3) is 5.91 Å². The molecule has 0 aliphatic carbocycles. The zero-order chi connectivity index (χ0) is 14.4. The van der Waals surface area contributed by atoms with Gasteiger partial charge in [0.05, 0.1) is 14.2 Å². The maximum atomic E-state index is 11.6. The van der Waals surface area contributed by atoms with Crippen LogP contribution in [0.25, 0.3) is 6.08 Å². The molecule has 1 amide bonds. The molecule has 0 saturated carbocycles. The summed E-state index contributed by atoms with van der Waals surface area (Å²) in [5, 5.41) is 8.70. The lowest BCUT2D eigenvalue weighted by Gasteiger charge is -2.07. The summed E-state index contributed by atoms with van der Waals surface area (Å²) in [4.78, 5) is 15.4. The van der Waals surface area contributed by atoms with Crippen LogP contribution in [0.4, 0.5) is 5.95 Å². The first-order valence-electron chi connectivity index (χ1n) is 5.79. The zero-order valence-electron chi connectivity index (χ0n) is 11.1. The normalized spacial score (nSPS) is 10.5. The predicted octanol–water partition coefficient (Wildman–Crippen LogP) is 1.47. The second-order valence-corrected chi connectivity index (χ2v) is 3.77. The van der Waals surface area contributed by atoms with Crippen molar-refractivity contribution in [3.8, 4) is 11.5 Å². The van der Waals surface area contributed by atoms with E-state index in [1.807, 2.05) is 6.07 Å². The molecule has 0 aliphatic rings. The first kappa shape index (κ1) is 13.6. The van der Waals surface area contributed by atoms with Crippen molar-refractivity contribution in [3.05, 3.63) is 36.2 Å². The van der Waals surface area contributed by atoms with Gasteiger partial charge in [-0.25, -0.2) is 5.10 Å². The van der Waals surface area contributed by atoms with Gasteiger partial charge in [-0.2, -0.15) is 10.1 Å². The number of hydrogen-bond donors (Lipinski definition) is 2. The first-order chi connectivity index (χ1) is 9.72. The molecule has 0 spiro atoms. The number of nitrogens with zero attached hydrogens (tertiary/aromatic N) is 2. The zero-order valence-corrected chi connectivity index (χ0v) is 11.1. The Morgan fingerprint density at radius 2 is 2.10 bits per heavy atom. The largest absolute Gasteiger partial charge is 0.493 e. The van der Waals surface area contributed by atoms with Gasteiger partial charge in [-0.1, -0.05) is 6.07 Å². The molecule has 0 radical (unpaired) electrons. The molecule has 0 saturated heterocycles. The van der Waals surface area contributed by atoms with Crippen molar-refractivity contribution in [1.82, 2.24) is 15.2 Å². The molecular weight excluding hydrogens is 260 g/mol. The molecule has 0 atom stereocenters. The number of nitrogens with one attached hydrogen (secondary N) is 2. The molecular formula is C13H14N4O3. The fourth-order valence-electron chi connectivity index (χ4n) is 1.55. The molecule has 2 rings (SSSR count). The fraction of sp³-hybridized carbons (Fsp3) is 0.154. The van der Waals surface area contributed by atoms with Crippen LogP contribution in [-0.4, -0.2) is 35.3 Å². The van der Waals surface area contributed by atoms with Gasteiger partial charge < -0.3 is 9.47 Å². The molecule has 0 aliphatic heterocycles. The fourth-order valence-corrected chi connectivity index (χ4v) is 1.55. The topological polar surface area (TPSA) is 89.1 Å². The molecule has 0 bridgehead atoms. The number of hydrogen-bond acceptors (Lipinski definition) is 5. The molecule has 104 valence electrons. The van der Waals surface area contributed by atoms with Crippen molar-refractivity contribution in [2.24, 2.45) is 0 Å². The maximum absolute atomic E-state index is 11.6. The van der Waals surface area contributed by atoms with Crippen molar-refractivity contribution in [3.63, 3.8) is 0 Å². The van der Waals surface area contributed by atoms with Crippen LogP contribution in [0.3, 0.4) is 0 Å². The second-order valence-electron chi connectivity index (χ2n) is 3.77. The lowest BCUT2D eigenvalue weighted by atomic mass is 10.2. The Morgan fingerprint density at radius 3 is 2.75 bits per heavy atom. The van der Waals surface area contributed by atoms with Gasteiger partial charge in [-0.15, -0.1) is 0 Å². The van der Waals surface area contributed by atoms with Gasteiger partial charge in [0, 0.05) is 6.08 Å². The molecule has 2 N–H and O–H groups in total. The summed E-state index contributed by atoms with van der Waals surface area (Å²) in [5.74, 6) is 1.23. The van der Waals surface area contributed by atoms with Crippen LogP contribution >= 0.6 is 0 Å². The van der Waals surface area contributed by atoms with E-state index in [-0.39, 0.29) is 5.91 Å². The van der Waals surface area contributed by atoms with Gasteiger partial charge in [-0.05, 0) is 23.8 Å². The predicted molar refractivity (Wildman–Crippen MR) is 73.6 cm³/mol. The quantitative estimate of drug-likeness (QED) is 0.806. The van der Waals surface area contributed by atoms with E-state index in [1.54, 1.807) is 32.4 Å². The van der Waals surface area contributed by atoms with E-state index < -0.39 is 0 Å². The van der Waals surface area contributed by atoms with Gasteiger partial charge in [0.15, 0.2) is 11.5 Å². The number of rotatable bonds is 5. The second kappa shape index (κ2) is 6.37. The molecule has 1 aromatic heterocycles. The van der Waals surface area contributed by atoms with Crippen LogP contribution in [0.1, 0.15) is 5.56 Å². The number of amides is 1. The van der Waals surface area contributed by atoms with Crippen molar-refractivity contribution in [1.29, 1.82) is 0 Å². The van der Waals surface area contributed by atoms with Crippen LogP contribution < -0.4 is 14.8 Å². The third-order valence-corrected chi connectivity index (χ3v) is 2.49. The minimum atomic E-state index is -0.309. The van der Waals surface area contributed by atoms with E-state index in [4.69, 9.17) is 9.47 Å². The molecule has 1 heterocycles. The highest BCUT2D eigenvalue weighted by Crippen LogP contribution is 2.27. The number of aromatic nitrogens is 3. The number of ether oxygens (including phenoxy) is 2. The Kier molecular flexibility index (Phi) is 4.33. The summed E-state index contributed by atoms with van der Waals surface area (Å²) in [6.07, 6.45) is 4.37. The Balaban J connectivity index is 2.05. The van der Waals surface area contributed by atoms with Crippen molar-refractivity contribution in [2.75, 3.05) is 19.5 Å². The number of H-pyrrole nitrogens is 1. The number of methoxy groups -OCH3 is 2. The molecule has 2 aromatic rings. The Morgan fingerprint density at radius 1 is 1.30 bits per heavy atom. The summed E-state index contributed by atoms with van der Waals surface area (Å²) >= 11 is 0. The molecule has 20 heavy (non-hydrogen) atoms. The number of benzene rings is 1. The number of aromatic amines is 1. The highest BCUT2D eigenvalue weighted by molar-refractivity contribution is 6.00. The smallest absolute Gasteiger partial charge is 0.250 e. The number of carbonyl (C=O) groups is 1. The average Bonchev–Trinajstić information content (AvgIpc) is 2.97. The lowest BCUT2D eigenvalue weighted by molar-refractivity contribution is -0.111. The van der Waals surface area contributed by atoms with Gasteiger partial charge >= 0.3 is 0 Å². The standard InChI is InChI=1S/C13H14N4O3/c1-19-10-5-3-9(7-11(10)20-2)4-6-12(18)16-13-14-8-15-17-13/h3-8H,1-2H3,(H2,14,15,16,17,18). The molecule has 1 aromatic carbocycles. The van der Waals surface area contributed by atoms with Crippen LogP contribution in [-0.2, 0) is 4.79 Å². The third kappa shape index (κ3) is 3.35. The highest BCUT2D eigenvalue weighted by Gasteiger charge is 2.03. The van der Waals surface area contributed by atoms with Crippen LogP contribution in [0.2, 0.25) is 0 Å². The van der Waals surface area contributed by atoms with Gasteiger partial charge in [-0.3, -0.25) is 10.1 Å². The summed E-state index contributed by atoms with van der Waals surface area (Å²) in [5.41, 5.74) is 0.815. The van der Waals surface area contributed by atoms with Gasteiger partial charge in [0.1, 0.15) is 6.33 Å². The van der Waals surface area contributed by atoms with E-state index in [1.165, 1.54) is 12.4 Å². The maximum Gasteiger partial charge on any atom is 0.250 e. The van der Waals surface area contributed by atoms with E-state index in [9.17, 15) is 4.79 Å². The molecule has 0 unspecified atom stereocenters. The number of anilines is 1. The molecule has 7 nitrogen and oxygen atoms in total. The SMILES string of the molecule is COc1ccc(C=CC(=O)Nc2ncn[nH]2)cc1OC. The summed E-state index contributed by atoms with van der Waals surface area (Å²) in [7, 11) is 3.13. The Hall–Kier alpha value is -2.83. The van der Waals surface area contributed by atoms with Crippen molar-refractivity contribution in [2.45, 2.75) is 0 Å². The van der Waals surface area contributed by atoms with E-state index in [0.29, 0.717) is 17.4 Å². The summed E-state index contributed by atoms with van der Waals surface area (Å²) < 4.78 is 10.3. The average molecular weight is 274 g/mol. The van der Waals surface area contributed by atoms with Crippen LogP contribution in [0, 0.1) is 0 Å². The summed E-state index contributed by atoms with van der Waals surface area (Å²) in [6.45, 7) is 0. The van der Waals surface area contributed by atoms with Crippen molar-refractivity contribution >= 4 is 17.9 Å². The van der Waals surface area contributed by atoms with Crippen molar-refractivity contribution < 1.29 is 14.3 Å². The Labute approximate surface area is 115 Å². The molecule has 0 fully saturated rings. The minimum Gasteiger partial charge on any atom is -0.493 e. The monoisotopic (exact) mass is 274 g/mol. The minimum absolute atomic E-state index is 0.298. The number of carbonyl (C=O) groups excluding carboxylic acids is 1. The van der Waals surface area contributed by atoms with E-state index in [2.05, 4.69) is 20.5 Å².